The Labute approximate surface area is 110 Å². The predicted molar refractivity (Wildman–Crippen MR) is 71.0 cm³/mol. The highest BCUT2D eigenvalue weighted by molar-refractivity contribution is 5.84. The molecule has 0 aliphatic carbocycles. The highest BCUT2D eigenvalue weighted by Crippen LogP contribution is 2.36. The molecule has 0 amide bonds. The van der Waals surface area contributed by atoms with Gasteiger partial charge in [-0.2, -0.15) is 13.2 Å². The molecule has 0 unspecified atom stereocenters. The van der Waals surface area contributed by atoms with Gasteiger partial charge in [0.25, 0.3) is 0 Å². The van der Waals surface area contributed by atoms with E-state index in [1.165, 1.54) is 0 Å². The van der Waals surface area contributed by atoms with Gasteiger partial charge >= 0.3 is 6.18 Å². The molecule has 1 atom stereocenters. The van der Waals surface area contributed by atoms with Crippen LogP contribution in [0.3, 0.4) is 0 Å². The summed E-state index contributed by atoms with van der Waals surface area (Å²) in [5, 5.41) is 1.71. The van der Waals surface area contributed by atoms with Crippen LogP contribution >= 0.6 is 0 Å². The summed E-state index contributed by atoms with van der Waals surface area (Å²) < 4.78 is 38.6. The molecule has 0 aliphatic heterocycles. The lowest BCUT2D eigenvalue weighted by molar-refractivity contribution is -0.149. The zero-order valence-electron chi connectivity index (χ0n) is 10.8. The van der Waals surface area contributed by atoms with Gasteiger partial charge in [0.2, 0.25) is 0 Å². The number of hydrogen-bond donors (Lipinski definition) is 1. The first-order valence-electron chi connectivity index (χ1n) is 6.15. The van der Waals surface area contributed by atoms with Crippen molar-refractivity contribution in [2.24, 2.45) is 5.73 Å². The van der Waals surface area contributed by atoms with Gasteiger partial charge in [-0.25, -0.2) is 0 Å². The Morgan fingerprint density at radius 3 is 1.84 bits per heavy atom. The quantitative estimate of drug-likeness (QED) is 0.850. The van der Waals surface area contributed by atoms with E-state index < -0.39 is 12.2 Å². The van der Waals surface area contributed by atoms with Crippen molar-refractivity contribution in [1.29, 1.82) is 0 Å². The summed E-state index contributed by atoms with van der Waals surface area (Å²) in [5.74, 6) is -0.00648. The highest BCUT2D eigenvalue weighted by atomic mass is 19.4. The van der Waals surface area contributed by atoms with Crippen LogP contribution in [-0.2, 0) is 0 Å². The van der Waals surface area contributed by atoms with Crippen molar-refractivity contribution >= 4 is 10.8 Å². The standard InChI is InChI=1S/C15H16F3N/c1-9(2)12-7-10-5-3-4-6-11(10)8-13(12)14(19)15(16,17)18/h3-9,14H,19H2,1-2H3/t14-/m0/s1. The molecule has 0 bridgehead atoms. The topological polar surface area (TPSA) is 26.0 Å². The fourth-order valence-corrected chi connectivity index (χ4v) is 2.22. The van der Waals surface area contributed by atoms with E-state index >= 15 is 0 Å². The van der Waals surface area contributed by atoms with Crippen LogP contribution in [0.1, 0.15) is 36.9 Å². The number of fused-ring (bicyclic) bond motifs is 1. The number of alkyl halides is 3. The number of hydrogen-bond acceptors (Lipinski definition) is 1. The first kappa shape index (κ1) is 13.9. The van der Waals surface area contributed by atoms with Crippen LogP contribution in [0.25, 0.3) is 10.8 Å². The molecule has 4 heteroatoms. The summed E-state index contributed by atoms with van der Waals surface area (Å²) >= 11 is 0. The third kappa shape index (κ3) is 2.73. The highest BCUT2D eigenvalue weighted by Gasteiger charge is 2.39. The summed E-state index contributed by atoms with van der Waals surface area (Å²) in [4.78, 5) is 0. The second kappa shape index (κ2) is 4.85. The largest absolute Gasteiger partial charge is 0.407 e. The first-order chi connectivity index (χ1) is 8.80. The first-order valence-corrected chi connectivity index (χ1v) is 6.15. The van der Waals surface area contributed by atoms with Crippen LogP contribution in [0.5, 0.6) is 0 Å². The maximum Gasteiger partial charge on any atom is 0.407 e. The van der Waals surface area contributed by atoms with Gasteiger partial charge in [0.05, 0.1) is 0 Å². The van der Waals surface area contributed by atoms with Crippen molar-refractivity contribution in [3.63, 3.8) is 0 Å². The van der Waals surface area contributed by atoms with Crippen molar-refractivity contribution in [3.05, 3.63) is 47.5 Å². The average Bonchev–Trinajstić information content (AvgIpc) is 2.35. The minimum Gasteiger partial charge on any atom is -0.316 e. The second-order valence-corrected chi connectivity index (χ2v) is 5.00. The van der Waals surface area contributed by atoms with Gasteiger partial charge in [0, 0.05) is 0 Å². The summed E-state index contributed by atoms with van der Waals surface area (Å²) in [6, 6.07) is 8.80. The van der Waals surface area contributed by atoms with Crippen molar-refractivity contribution in [2.75, 3.05) is 0 Å². The van der Waals surface area contributed by atoms with Gasteiger partial charge in [0.15, 0.2) is 0 Å². The molecule has 2 rings (SSSR count). The van der Waals surface area contributed by atoms with Crippen molar-refractivity contribution in [2.45, 2.75) is 32.0 Å². The molecule has 0 fully saturated rings. The normalized spacial score (nSPS) is 14.1. The van der Waals surface area contributed by atoms with Gasteiger partial charge in [-0.05, 0) is 33.9 Å². The Kier molecular flexibility index (Phi) is 3.54. The monoisotopic (exact) mass is 267 g/mol. The van der Waals surface area contributed by atoms with E-state index in [0.717, 1.165) is 10.8 Å². The van der Waals surface area contributed by atoms with E-state index in [1.54, 1.807) is 24.3 Å². The summed E-state index contributed by atoms with van der Waals surface area (Å²) in [5.41, 5.74) is 6.20. The third-order valence-corrected chi connectivity index (χ3v) is 3.26. The van der Waals surface area contributed by atoms with Crippen LogP contribution in [-0.4, -0.2) is 6.18 Å². The number of benzene rings is 2. The molecule has 19 heavy (non-hydrogen) atoms. The molecule has 0 radical (unpaired) electrons. The molecule has 2 aromatic carbocycles. The predicted octanol–water partition coefficient (Wildman–Crippen LogP) is 4.53. The molecule has 2 N–H and O–H groups in total. The zero-order valence-corrected chi connectivity index (χ0v) is 10.8. The van der Waals surface area contributed by atoms with Gasteiger partial charge in [-0.3, -0.25) is 0 Å². The molecule has 0 heterocycles. The van der Waals surface area contributed by atoms with Gasteiger partial charge in [-0.15, -0.1) is 0 Å². The molecule has 1 nitrogen and oxygen atoms in total. The van der Waals surface area contributed by atoms with Crippen molar-refractivity contribution < 1.29 is 13.2 Å². The Bertz CT molecular complexity index is 587. The number of nitrogens with two attached hydrogens (primary N) is 1. The van der Waals surface area contributed by atoms with E-state index in [4.69, 9.17) is 5.73 Å². The fraction of sp³-hybridized carbons (Fsp3) is 0.333. The molecular weight excluding hydrogens is 251 g/mol. The Morgan fingerprint density at radius 2 is 1.42 bits per heavy atom. The van der Waals surface area contributed by atoms with Crippen LogP contribution in [0.15, 0.2) is 36.4 Å². The maximum absolute atomic E-state index is 12.9. The summed E-state index contributed by atoms with van der Waals surface area (Å²) in [6.07, 6.45) is -4.42. The van der Waals surface area contributed by atoms with Crippen LogP contribution in [0, 0.1) is 0 Å². The lowest BCUT2D eigenvalue weighted by Crippen LogP contribution is -2.29. The van der Waals surface area contributed by atoms with Crippen LogP contribution < -0.4 is 5.73 Å². The maximum atomic E-state index is 12.9. The Balaban J connectivity index is 2.67. The lowest BCUT2D eigenvalue weighted by atomic mass is 9.90. The summed E-state index contributed by atoms with van der Waals surface area (Å²) in [6.45, 7) is 3.74. The number of rotatable bonds is 2. The molecule has 0 aliphatic rings. The minimum atomic E-state index is -4.42. The van der Waals surface area contributed by atoms with Crippen LogP contribution in [0.2, 0.25) is 0 Å². The minimum absolute atomic E-state index is 0.00648. The lowest BCUT2D eigenvalue weighted by Gasteiger charge is -2.22. The molecule has 0 saturated carbocycles. The molecule has 0 aromatic heterocycles. The zero-order chi connectivity index (χ0) is 14.2. The van der Waals surface area contributed by atoms with E-state index in [0.29, 0.717) is 5.56 Å². The van der Waals surface area contributed by atoms with E-state index in [1.807, 2.05) is 26.0 Å². The smallest absolute Gasteiger partial charge is 0.316 e. The molecular formula is C15H16F3N. The third-order valence-electron chi connectivity index (χ3n) is 3.26. The fourth-order valence-electron chi connectivity index (χ4n) is 2.22. The Hall–Kier alpha value is -1.55. The molecule has 0 spiro atoms. The van der Waals surface area contributed by atoms with E-state index in [-0.39, 0.29) is 11.5 Å². The van der Waals surface area contributed by atoms with Crippen molar-refractivity contribution in [3.8, 4) is 0 Å². The van der Waals surface area contributed by atoms with Crippen molar-refractivity contribution in [1.82, 2.24) is 0 Å². The molecule has 0 saturated heterocycles. The Morgan fingerprint density at radius 1 is 0.947 bits per heavy atom. The SMILES string of the molecule is CC(C)c1cc2ccccc2cc1[C@H](N)C(F)(F)F. The van der Waals surface area contributed by atoms with Gasteiger partial charge in [-0.1, -0.05) is 44.2 Å². The van der Waals surface area contributed by atoms with E-state index in [9.17, 15) is 13.2 Å². The molecule has 102 valence electrons. The van der Waals surface area contributed by atoms with E-state index in [2.05, 4.69) is 0 Å². The second-order valence-electron chi connectivity index (χ2n) is 5.00. The van der Waals surface area contributed by atoms with Gasteiger partial charge in [0.1, 0.15) is 6.04 Å². The number of halogens is 3. The molecule has 2 aromatic rings. The van der Waals surface area contributed by atoms with Crippen LogP contribution in [0.4, 0.5) is 13.2 Å². The summed E-state index contributed by atoms with van der Waals surface area (Å²) in [7, 11) is 0. The average molecular weight is 267 g/mol. The van der Waals surface area contributed by atoms with Gasteiger partial charge < -0.3 is 5.73 Å².